The van der Waals surface area contributed by atoms with Gasteiger partial charge in [0.15, 0.2) is 17.3 Å². The SMILES string of the molecule is COc1ccc(C(=O)C2CC(=O)N(C)c3ccc(N4CCNCC4)cc32)cc1OC. The molecular weight excluding hydrogens is 382 g/mol. The molecule has 0 aromatic heterocycles. The Hall–Kier alpha value is -3.06. The molecule has 7 nitrogen and oxygen atoms in total. The Morgan fingerprint density at radius 2 is 1.77 bits per heavy atom. The fourth-order valence-corrected chi connectivity index (χ4v) is 4.23. The van der Waals surface area contributed by atoms with Gasteiger partial charge in [0.25, 0.3) is 0 Å². The molecule has 2 aliphatic heterocycles. The third-order valence-electron chi connectivity index (χ3n) is 5.97. The Labute approximate surface area is 176 Å². The van der Waals surface area contributed by atoms with E-state index in [0.29, 0.717) is 17.1 Å². The second kappa shape index (κ2) is 8.36. The number of anilines is 2. The number of carbonyl (C=O) groups excluding carboxylic acids is 2. The molecule has 4 rings (SSSR count). The molecule has 1 fully saturated rings. The smallest absolute Gasteiger partial charge is 0.227 e. The lowest BCUT2D eigenvalue weighted by Gasteiger charge is -2.34. The van der Waals surface area contributed by atoms with Crippen LogP contribution in [0.2, 0.25) is 0 Å². The molecule has 1 saturated heterocycles. The average molecular weight is 409 g/mol. The Balaban J connectivity index is 1.73. The number of piperazine rings is 1. The predicted molar refractivity (Wildman–Crippen MR) is 116 cm³/mol. The molecule has 158 valence electrons. The second-order valence-electron chi connectivity index (χ2n) is 7.62. The van der Waals surface area contributed by atoms with Gasteiger partial charge in [0.05, 0.1) is 20.1 Å². The van der Waals surface area contributed by atoms with Gasteiger partial charge in [0.1, 0.15) is 0 Å². The number of carbonyl (C=O) groups is 2. The summed E-state index contributed by atoms with van der Waals surface area (Å²) < 4.78 is 10.6. The van der Waals surface area contributed by atoms with Crippen LogP contribution < -0.4 is 24.6 Å². The van der Waals surface area contributed by atoms with Crippen LogP contribution in [0.15, 0.2) is 36.4 Å². The van der Waals surface area contributed by atoms with Crippen LogP contribution in [0.1, 0.15) is 28.3 Å². The van der Waals surface area contributed by atoms with E-state index in [0.717, 1.165) is 43.1 Å². The number of nitrogens with one attached hydrogen (secondary N) is 1. The molecule has 2 aromatic carbocycles. The number of rotatable bonds is 5. The minimum Gasteiger partial charge on any atom is -0.493 e. The molecule has 2 heterocycles. The number of benzene rings is 2. The van der Waals surface area contributed by atoms with Crippen LogP contribution >= 0.6 is 0 Å². The minimum atomic E-state index is -0.523. The molecule has 30 heavy (non-hydrogen) atoms. The lowest BCUT2D eigenvalue weighted by Crippen LogP contribution is -2.43. The van der Waals surface area contributed by atoms with Crippen molar-refractivity contribution in [2.45, 2.75) is 12.3 Å². The highest BCUT2D eigenvalue weighted by Gasteiger charge is 2.35. The molecule has 0 saturated carbocycles. The van der Waals surface area contributed by atoms with Crippen LogP contribution in [0.3, 0.4) is 0 Å². The molecule has 0 bridgehead atoms. The topological polar surface area (TPSA) is 71.1 Å². The predicted octanol–water partition coefficient (Wildman–Crippen LogP) is 2.45. The van der Waals surface area contributed by atoms with Gasteiger partial charge < -0.3 is 24.6 Å². The van der Waals surface area contributed by atoms with Crippen molar-refractivity contribution in [1.29, 1.82) is 0 Å². The number of hydrogen-bond donors (Lipinski definition) is 1. The van der Waals surface area contributed by atoms with Crippen molar-refractivity contribution < 1.29 is 19.1 Å². The third-order valence-corrected chi connectivity index (χ3v) is 5.97. The van der Waals surface area contributed by atoms with E-state index in [-0.39, 0.29) is 18.1 Å². The molecular formula is C23H27N3O4. The maximum atomic E-state index is 13.5. The van der Waals surface area contributed by atoms with Gasteiger partial charge in [-0.3, -0.25) is 9.59 Å². The van der Waals surface area contributed by atoms with Gasteiger partial charge in [0, 0.05) is 56.6 Å². The standard InChI is InChI=1S/C23H27N3O4/c1-25-19-6-5-16(26-10-8-24-9-11-26)13-17(19)18(14-22(25)27)23(28)15-4-7-20(29-2)21(12-15)30-3/h4-7,12-13,18,24H,8-11,14H2,1-3H3. The number of amides is 1. The summed E-state index contributed by atoms with van der Waals surface area (Å²) in [4.78, 5) is 30.1. The summed E-state index contributed by atoms with van der Waals surface area (Å²) in [5.41, 5.74) is 3.29. The fourth-order valence-electron chi connectivity index (χ4n) is 4.23. The molecule has 0 radical (unpaired) electrons. The number of Topliss-reactive ketones (excluding diaryl/α,β-unsaturated/α-hetero) is 1. The summed E-state index contributed by atoms with van der Waals surface area (Å²) >= 11 is 0. The van der Waals surface area contributed by atoms with E-state index in [4.69, 9.17) is 9.47 Å². The maximum absolute atomic E-state index is 13.5. The van der Waals surface area contributed by atoms with E-state index < -0.39 is 5.92 Å². The second-order valence-corrected chi connectivity index (χ2v) is 7.62. The largest absolute Gasteiger partial charge is 0.493 e. The first-order valence-electron chi connectivity index (χ1n) is 10.2. The van der Waals surface area contributed by atoms with Crippen LogP contribution in [0.5, 0.6) is 11.5 Å². The number of fused-ring (bicyclic) bond motifs is 1. The van der Waals surface area contributed by atoms with E-state index in [9.17, 15) is 9.59 Å². The lowest BCUT2D eigenvalue weighted by atomic mass is 9.83. The first-order valence-corrected chi connectivity index (χ1v) is 10.2. The van der Waals surface area contributed by atoms with Crippen molar-refractivity contribution >= 4 is 23.1 Å². The molecule has 2 aromatic rings. The number of ketones is 1. The first kappa shape index (κ1) is 20.2. The van der Waals surface area contributed by atoms with E-state index in [1.807, 2.05) is 12.1 Å². The Morgan fingerprint density at radius 3 is 2.47 bits per heavy atom. The summed E-state index contributed by atoms with van der Waals surface area (Å²) in [6.07, 6.45) is 0.154. The van der Waals surface area contributed by atoms with E-state index in [1.54, 1.807) is 44.4 Å². The zero-order valence-electron chi connectivity index (χ0n) is 17.6. The molecule has 1 unspecified atom stereocenters. The Morgan fingerprint density at radius 1 is 1.03 bits per heavy atom. The van der Waals surface area contributed by atoms with Crippen LogP contribution in [0.25, 0.3) is 0 Å². The number of hydrogen-bond acceptors (Lipinski definition) is 6. The van der Waals surface area contributed by atoms with Crippen molar-refractivity contribution in [1.82, 2.24) is 5.32 Å². The molecule has 1 atom stereocenters. The van der Waals surface area contributed by atoms with Gasteiger partial charge in [0.2, 0.25) is 5.91 Å². The zero-order valence-corrected chi connectivity index (χ0v) is 17.6. The number of ether oxygens (including phenoxy) is 2. The van der Waals surface area contributed by atoms with Crippen LogP contribution in [0, 0.1) is 0 Å². The van der Waals surface area contributed by atoms with E-state index in [1.165, 1.54) is 0 Å². The van der Waals surface area contributed by atoms with Crippen molar-refractivity contribution in [3.8, 4) is 11.5 Å². The van der Waals surface area contributed by atoms with Crippen LogP contribution in [-0.4, -0.2) is 59.1 Å². The lowest BCUT2D eigenvalue weighted by molar-refractivity contribution is -0.118. The van der Waals surface area contributed by atoms with Gasteiger partial charge in [-0.05, 0) is 42.0 Å². The van der Waals surface area contributed by atoms with Gasteiger partial charge in [-0.15, -0.1) is 0 Å². The van der Waals surface area contributed by atoms with E-state index >= 15 is 0 Å². The van der Waals surface area contributed by atoms with Crippen LogP contribution in [-0.2, 0) is 4.79 Å². The highest BCUT2D eigenvalue weighted by molar-refractivity contribution is 6.09. The van der Waals surface area contributed by atoms with Crippen LogP contribution in [0.4, 0.5) is 11.4 Å². The molecule has 1 amide bonds. The fraction of sp³-hybridized carbons (Fsp3) is 0.391. The summed E-state index contributed by atoms with van der Waals surface area (Å²) in [5, 5.41) is 3.36. The number of nitrogens with zero attached hydrogens (tertiary/aromatic N) is 2. The Kier molecular flexibility index (Phi) is 5.63. The average Bonchev–Trinajstić information content (AvgIpc) is 2.80. The highest BCUT2D eigenvalue weighted by Crippen LogP contribution is 2.40. The summed E-state index contributed by atoms with van der Waals surface area (Å²) in [7, 11) is 4.87. The summed E-state index contributed by atoms with van der Waals surface area (Å²) in [5.74, 6) is 0.393. The van der Waals surface area contributed by atoms with Crippen molar-refractivity contribution in [2.24, 2.45) is 0 Å². The molecule has 7 heteroatoms. The van der Waals surface area contributed by atoms with Crippen molar-refractivity contribution in [3.63, 3.8) is 0 Å². The quantitative estimate of drug-likeness (QED) is 0.765. The zero-order chi connectivity index (χ0) is 21.3. The van der Waals surface area contributed by atoms with Gasteiger partial charge in [-0.1, -0.05) is 0 Å². The summed E-state index contributed by atoms with van der Waals surface area (Å²) in [6, 6.07) is 11.2. The molecule has 0 aliphatic carbocycles. The van der Waals surface area contributed by atoms with Crippen molar-refractivity contribution in [2.75, 3.05) is 57.2 Å². The number of methoxy groups -OCH3 is 2. The van der Waals surface area contributed by atoms with Gasteiger partial charge >= 0.3 is 0 Å². The molecule has 2 aliphatic rings. The maximum Gasteiger partial charge on any atom is 0.227 e. The Bertz CT molecular complexity index is 969. The normalized spacial score (nSPS) is 18.8. The molecule has 0 spiro atoms. The molecule has 1 N–H and O–H groups in total. The monoisotopic (exact) mass is 409 g/mol. The highest BCUT2D eigenvalue weighted by atomic mass is 16.5. The minimum absolute atomic E-state index is 0.0590. The van der Waals surface area contributed by atoms with E-state index in [2.05, 4.69) is 16.3 Å². The van der Waals surface area contributed by atoms with Crippen molar-refractivity contribution in [3.05, 3.63) is 47.5 Å². The van der Waals surface area contributed by atoms with Gasteiger partial charge in [-0.2, -0.15) is 0 Å². The van der Waals surface area contributed by atoms with Gasteiger partial charge in [-0.25, -0.2) is 0 Å². The first-order chi connectivity index (χ1) is 14.5. The third kappa shape index (κ3) is 3.61. The summed E-state index contributed by atoms with van der Waals surface area (Å²) in [6.45, 7) is 3.71.